The number of benzene rings is 2. The van der Waals surface area contributed by atoms with Gasteiger partial charge in [0.15, 0.2) is 0 Å². The SMILES string of the molecule is OC(COc1ccc(C2CCCCC2)cc1)CN1CCC(=C2c3ccc(Cl)cc3CCc3cccnc32)CC1. The molecular weight excluding hydrogens is 504 g/mol. The van der Waals surface area contributed by atoms with Crippen LogP contribution in [-0.4, -0.2) is 47.3 Å². The lowest BCUT2D eigenvalue weighted by atomic mass is 9.84. The molecule has 3 aliphatic rings. The van der Waals surface area contributed by atoms with Crippen molar-refractivity contribution in [2.24, 2.45) is 0 Å². The number of hydrogen-bond donors (Lipinski definition) is 1. The summed E-state index contributed by atoms with van der Waals surface area (Å²) in [5.74, 6) is 1.54. The average Bonchev–Trinajstić information content (AvgIpc) is 3.14. The largest absolute Gasteiger partial charge is 0.491 e. The van der Waals surface area contributed by atoms with E-state index in [1.165, 1.54) is 65.5 Å². The number of halogens is 1. The van der Waals surface area contributed by atoms with Gasteiger partial charge in [-0.15, -0.1) is 0 Å². The maximum Gasteiger partial charge on any atom is 0.119 e. The molecule has 1 aromatic heterocycles. The summed E-state index contributed by atoms with van der Waals surface area (Å²) in [6.07, 6.45) is 12.0. The Kier molecular flexibility index (Phi) is 8.34. The molecule has 1 unspecified atom stereocenters. The van der Waals surface area contributed by atoms with Crippen molar-refractivity contribution >= 4 is 17.2 Å². The zero-order chi connectivity index (χ0) is 26.6. The summed E-state index contributed by atoms with van der Waals surface area (Å²) < 4.78 is 5.96. The smallest absolute Gasteiger partial charge is 0.119 e. The molecule has 0 amide bonds. The van der Waals surface area contributed by atoms with Crippen LogP contribution in [0.5, 0.6) is 5.75 Å². The highest BCUT2D eigenvalue weighted by molar-refractivity contribution is 6.30. The number of aromatic nitrogens is 1. The highest BCUT2D eigenvalue weighted by atomic mass is 35.5. The first-order valence-corrected chi connectivity index (χ1v) is 15.1. The van der Waals surface area contributed by atoms with Crippen LogP contribution in [0.4, 0.5) is 0 Å². The van der Waals surface area contributed by atoms with Gasteiger partial charge >= 0.3 is 0 Å². The van der Waals surface area contributed by atoms with Crippen molar-refractivity contribution in [3.8, 4) is 5.75 Å². The molecule has 2 fully saturated rings. The number of ether oxygens (including phenoxy) is 1. The lowest BCUT2D eigenvalue weighted by Gasteiger charge is -2.31. The normalized spacial score (nSPS) is 19.2. The number of pyridine rings is 1. The number of piperidine rings is 1. The zero-order valence-corrected chi connectivity index (χ0v) is 23.5. The first-order chi connectivity index (χ1) is 19.1. The van der Waals surface area contributed by atoms with E-state index >= 15 is 0 Å². The fourth-order valence-corrected chi connectivity index (χ4v) is 6.90. The second-order valence-electron chi connectivity index (χ2n) is 11.5. The number of fused-ring (bicyclic) bond motifs is 2. The number of β-amino-alcohol motifs (C(OH)–C–C–N with tert-alkyl or cyclic N) is 1. The number of rotatable bonds is 6. The third-order valence-corrected chi connectivity index (χ3v) is 9.04. The molecule has 2 aromatic carbocycles. The van der Waals surface area contributed by atoms with Crippen LogP contribution in [0.25, 0.3) is 5.57 Å². The molecule has 2 aliphatic carbocycles. The Morgan fingerprint density at radius 3 is 2.49 bits per heavy atom. The van der Waals surface area contributed by atoms with Crippen molar-refractivity contribution < 1.29 is 9.84 Å². The van der Waals surface area contributed by atoms with Crippen LogP contribution in [0.2, 0.25) is 5.02 Å². The van der Waals surface area contributed by atoms with Crippen molar-refractivity contribution in [2.45, 2.75) is 69.8 Å². The van der Waals surface area contributed by atoms with E-state index in [-0.39, 0.29) is 0 Å². The van der Waals surface area contributed by atoms with Gasteiger partial charge in [-0.05, 0) is 97.0 Å². The predicted molar refractivity (Wildman–Crippen MR) is 159 cm³/mol. The number of aryl methyl sites for hydroxylation is 2. The van der Waals surface area contributed by atoms with Gasteiger partial charge in [0.2, 0.25) is 0 Å². The molecule has 2 heterocycles. The molecule has 0 spiro atoms. The minimum absolute atomic E-state index is 0.318. The molecule has 204 valence electrons. The van der Waals surface area contributed by atoms with Crippen LogP contribution in [0.15, 0.2) is 66.4 Å². The van der Waals surface area contributed by atoms with Gasteiger partial charge in [-0.25, -0.2) is 0 Å². The van der Waals surface area contributed by atoms with Crippen molar-refractivity contribution in [1.82, 2.24) is 9.88 Å². The highest BCUT2D eigenvalue weighted by Gasteiger charge is 2.26. The number of nitrogens with zero attached hydrogens (tertiary/aromatic N) is 2. The van der Waals surface area contributed by atoms with Gasteiger partial charge in [0.05, 0.1) is 5.69 Å². The van der Waals surface area contributed by atoms with E-state index < -0.39 is 6.10 Å². The standard InChI is InChI=1S/C34H39ClN2O2/c35-29-12-15-32-28(21-29)9-8-27-7-4-18-36-34(27)33(32)26-16-19-37(20-17-26)22-30(38)23-39-31-13-10-25(11-14-31)24-5-2-1-3-6-24/h4,7,10-15,18,21,24,30,38H,1-3,5-6,8-9,16-17,19-20,22-23H2. The molecule has 6 rings (SSSR count). The number of likely N-dealkylation sites (tertiary alicyclic amines) is 1. The molecule has 1 saturated heterocycles. The maximum atomic E-state index is 10.8. The molecule has 1 aliphatic heterocycles. The summed E-state index contributed by atoms with van der Waals surface area (Å²) in [4.78, 5) is 7.21. The number of aliphatic hydroxyl groups is 1. The minimum Gasteiger partial charge on any atom is -0.491 e. The van der Waals surface area contributed by atoms with Crippen LogP contribution in [-0.2, 0) is 12.8 Å². The average molecular weight is 543 g/mol. The van der Waals surface area contributed by atoms with E-state index in [0.717, 1.165) is 55.2 Å². The topological polar surface area (TPSA) is 45.6 Å². The summed E-state index contributed by atoms with van der Waals surface area (Å²) >= 11 is 6.37. The first kappa shape index (κ1) is 26.6. The van der Waals surface area contributed by atoms with Gasteiger partial charge in [-0.3, -0.25) is 9.88 Å². The lowest BCUT2D eigenvalue weighted by molar-refractivity contribution is 0.0656. The van der Waals surface area contributed by atoms with Crippen LogP contribution in [0.1, 0.15) is 78.8 Å². The van der Waals surface area contributed by atoms with Gasteiger partial charge in [0.1, 0.15) is 18.5 Å². The second-order valence-corrected chi connectivity index (χ2v) is 11.9. The molecule has 5 heteroatoms. The lowest BCUT2D eigenvalue weighted by Crippen LogP contribution is -2.39. The Balaban J connectivity index is 1.07. The third kappa shape index (κ3) is 6.24. The monoisotopic (exact) mass is 542 g/mol. The third-order valence-electron chi connectivity index (χ3n) is 8.81. The van der Waals surface area contributed by atoms with Gasteiger partial charge < -0.3 is 9.84 Å². The van der Waals surface area contributed by atoms with Crippen LogP contribution in [0, 0.1) is 0 Å². The fraction of sp³-hybridized carbons (Fsp3) is 0.441. The van der Waals surface area contributed by atoms with Gasteiger partial charge in [0, 0.05) is 36.4 Å². The summed E-state index contributed by atoms with van der Waals surface area (Å²) in [7, 11) is 0. The van der Waals surface area contributed by atoms with Gasteiger partial charge in [-0.2, -0.15) is 0 Å². The minimum atomic E-state index is -0.514. The molecule has 0 bridgehead atoms. The quantitative estimate of drug-likeness (QED) is 0.357. The molecule has 4 nitrogen and oxygen atoms in total. The molecular formula is C34H39ClN2O2. The van der Waals surface area contributed by atoms with E-state index in [0.29, 0.717) is 19.1 Å². The first-order valence-electron chi connectivity index (χ1n) is 14.7. The molecule has 1 saturated carbocycles. The van der Waals surface area contributed by atoms with E-state index in [2.05, 4.69) is 47.4 Å². The Labute approximate surface area is 237 Å². The van der Waals surface area contributed by atoms with Crippen molar-refractivity contribution in [3.05, 3.63) is 99.3 Å². The number of hydrogen-bond acceptors (Lipinski definition) is 4. The molecule has 1 atom stereocenters. The summed E-state index contributed by atoms with van der Waals surface area (Å²) in [5.41, 5.74) is 9.22. The van der Waals surface area contributed by atoms with E-state index in [4.69, 9.17) is 21.3 Å². The van der Waals surface area contributed by atoms with Crippen molar-refractivity contribution in [1.29, 1.82) is 0 Å². The fourth-order valence-electron chi connectivity index (χ4n) is 6.70. The van der Waals surface area contributed by atoms with E-state index in [1.807, 2.05) is 18.3 Å². The van der Waals surface area contributed by atoms with E-state index in [1.54, 1.807) is 0 Å². The Hall–Kier alpha value is -2.66. The van der Waals surface area contributed by atoms with Gasteiger partial charge in [0.25, 0.3) is 0 Å². The maximum absolute atomic E-state index is 10.8. The second kappa shape index (κ2) is 12.2. The molecule has 1 N–H and O–H groups in total. The highest BCUT2D eigenvalue weighted by Crippen LogP contribution is 2.38. The molecule has 0 radical (unpaired) electrons. The van der Waals surface area contributed by atoms with Gasteiger partial charge in [-0.1, -0.05) is 60.7 Å². The Morgan fingerprint density at radius 1 is 0.923 bits per heavy atom. The van der Waals surface area contributed by atoms with Crippen molar-refractivity contribution in [2.75, 3.05) is 26.2 Å². The predicted octanol–water partition coefficient (Wildman–Crippen LogP) is 7.22. The Bertz CT molecular complexity index is 1300. The van der Waals surface area contributed by atoms with Crippen LogP contribution in [0.3, 0.4) is 0 Å². The molecule has 3 aromatic rings. The summed E-state index contributed by atoms with van der Waals surface area (Å²) in [6, 6.07) is 19.1. The van der Waals surface area contributed by atoms with E-state index in [9.17, 15) is 5.11 Å². The van der Waals surface area contributed by atoms with Crippen LogP contribution < -0.4 is 4.74 Å². The molecule has 39 heavy (non-hydrogen) atoms. The zero-order valence-electron chi connectivity index (χ0n) is 22.7. The van der Waals surface area contributed by atoms with Crippen molar-refractivity contribution in [3.63, 3.8) is 0 Å². The van der Waals surface area contributed by atoms with Crippen LogP contribution >= 0.6 is 11.6 Å². The number of aliphatic hydroxyl groups excluding tert-OH is 1. The summed E-state index contributed by atoms with van der Waals surface area (Å²) in [5, 5.41) is 11.6. The summed E-state index contributed by atoms with van der Waals surface area (Å²) in [6.45, 7) is 2.80. The Morgan fingerprint density at radius 2 is 1.69 bits per heavy atom.